The number of nitrogens with one attached hydrogen (secondary N) is 2. The molecule has 162 valence electrons. The van der Waals surface area contributed by atoms with Crippen molar-refractivity contribution < 1.29 is 9.18 Å². The fourth-order valence-electron chi connectivity index (χ4n) is 4.70. The smallest absolute Gasteiger partial charge is 0.256 e. The molecule has 1 unspecified atom stereocenters. The molecule has 1 aliphatic heterocycles. The standard InChI is InChI=1S/C23H32FN5O/c1-15(25)26-23(30)19-14-18-20(24)8-5-9-21(18)28-22(19)29-12-10-17(11-13-29)27-16-6-3-2-4-7-16/h5,8-9,14-17,27H,2-4,6-7,10-13,25H2,1H3,(H,26,30). The fraction of sp³-hybridized carbons (Fsp3) is 0.565. The van der Waals surface area contributed by atoms with Gasteiger partial charge in [0, 0.05) is 30.6 Å². The third-order valence-electron chi connectivity index (χ3n) is 6.26. The van der Waals surface area contributed by atoms with Crippen LogP contribution in [0.2, 0.25) is 0 Å². The van der Waals surface area contributed by atoms with E-state index < -0.39 is 6.17 Å². The predicted molar refractivity (Wildman–Crippen MR) is 118 cm³/mol. The molecule has 7 heteroatoms. The van der Waals surface area contributed by atoms with Crippen LogP contribution in [0.3, 0.4) is 0 Å². The number of nitrogens with zero attached hydrogens (tertiary/aromatic N) is 2. The number of hydrogen-bond donors (Lipinski definition) is 3. The molecule has 2 aromatic rings. The molecule has 6 nitrogen and oxygen atoms in total. The van der Waals surface area contributed by atoms with Crippen molar-refractivity contribution in [3.63, 3.8) is 0 Å². The number of carbonyl (C=O) groups is 1. The Hall–Kier alpha value is -2.25. The van der Waals surface area contributed by atoms with Crippen molar-refractivity contribution in [2.75, 3.05) is 18.0 Å². The van der Waals surface area contributed by atoms with E-state index in [2.05, 4.69) is 15.5 Å². The molecule has 1 atom stereocenters. The van der Waals surface area contributed by atoms with E-state index in [1.807, 2.05) is 0 Å². The monoisotopic (exact) mass is 413 g/mol. The maximum absolute atomic E-state index is 14.3. The normalized spacial score (nSPS) is 19.8. The molecule has 2 aliphatic rings. The number of pyridine rings is 1. The van der Waals surface area contributed by atoms with Crippen LogP contribution in [0.5, 0.6) is 0 Å². The lowest BCUT2D eigenvalue weighted by Gasteiger charge is -2.36. The summed E-state index contributed by atoms with van der Waals surface area (Å²) in [6.07, 6.45) is 8.09. The van der Waals surface area contributed by atoms with E-state index in [4.69, 9.17) is 10.7 Å². The van der Waals surface area contributed by atoms with Gasteiger partial charge in [0.05, 0.1) is 17.2 Å². The van der Waals surface area contributed by atoms with Gasteiger partial charge in [0.15, 0.2) is 0 Å². The highest BCUT2D eigenvalue weighted by Crippen LogP contribution is 2.28. The average Bonchev–Trinajstić information content (AvgIpc) is 2.74. The van der Waals surface area contributed by atoms with Crippen LogP contribution in [0, 0.1) is 5.82 Å². The molecular formula is C23H32FN5O. The van der Waals surface area contributed by atoms with Crippen LogP contribution in [0.15, 0.2) is 24.3 Å². The van der Waals surface area contributed by atoms with Crippen molar-refractivity contribution in [1.29, 1.82) is 0 Å². The van der Waals surface area contributed by atoms with Crippen molar-refractivity contribution in [3.05, 3.63) is 35.6 Å². The quantitative estimate of drug-likeness (QED) is 0.655. The highest BCUT2D eigenvalue weighted by molar-refractivity contribution is 6.02. The first-order valence-electron chi connectivity index (χ1n) is 11.2. The molecule has 0 bridgehead atoms. The summed E-state index contributed by atoms with van der Waals surface area (Å²) in [5, 5.41) is 6.91. The number of aromatic nitrogens is 1. The minimum absolute atomic E-state index is 0.319. The number of hydrogen-bond acceptors (Lipinski definition) is 5. The summed E-state index contributed by atoms with van der Waals surface area (Å²) in [6, 6.07) is 7.58. The molecule has 4 N–H and O–H groups in total. The largest absolute Gasteiger partial charge is 0.356 e. The third kappa shape index (κ3) is 4.73. The summed E-state index contributed by atoms with van der Waals surface area (Å²) in [7, 11) is 0. The van der Waals surface area contributed by atoms with E-state index in [1.165, 1.54) is 38.2 Å². The summed E-state index contributed by atoms with van der Waals surface area (Å²) >= 11 is 0. The van der Waals surface area contributed by atoms with E-state index in [0.717, 1.165) is 25.9 Å². The zero-order chi connectivity index (χ0) is 21.1. The second-order valence-corrected chi connectivity index (χ2v) is 8.69. The molecule has 0 spiro atoms. The van der Waals surface area contributed by atoms with Crippen LogP contribution in [0.1, 0.15) is 62.2 Å². The number of benzene rings is 1. The van der Waals surface area contributed by atoms with Crippen molar-refractivity contribution in [1.82, 2.24) is 15.6 Å². The number of piperidine rings is 1. The Kier molecular flexibility index (Phi) is 6.49. The van der Waals surface area contributed by atoms with Crippen LogP contribution in [-0.4, -0.2) is 42.2 Å². The lowest BCUT2D eigenvalue weighted by molar-refractivity contribution is 0.0941. The molecule has 1 saturated heterocycles. The Morgan fingerprint density at radius 2 is 1.87 bits per heavy atom. The molecule has 4 rings (SSSR count). The maximum atomic E-state index is 14.3. The molecule has 1 aromatic carbocycles. The SMILES string of the molecule is CC(N)NC(=O)c1cc2c(F)cccc2nc1N1CCC(NC2CCCCC2)CC1. The van der Waals surface area contributed by atoms with Gasteiger partial charge in [-0.05, 0) is 50.8 Å². The van der Waals surface area contributed by atoms with Crippen LogP contribution in [-0.2, 0) is 0 Å². The number of fused-ring (bicyclic) bond motifs is 1. The number of nitrogens with two attached hydrogens (primary N) is 1. The second-order valence-electron chi connectivity index (χ2n) is 8.69. The molecule has 1 aliphatic carbocycles. The summed E-state index contributed by atoms with van der Waals surface area (Å²) in [5.74, 6) is -0.0840. The number of carbonyl (C=O) groups excluding carboxylic acids is 1. The van der Waals surface area contributed by atoms with E-state index in [1.54, 1.807) is 25.1 Å². The number of halogens is 1. The lowest BCUT2D eigenvalue weighted by atomic mass is 9.93. The van der Waals surface area contributed by atoms with Crippen LogP contribution in [0.4, 0.5) is 10.2 Å². The molecular weight excluding hydrogens is 381 g/mol. The second kappa shape index (κ2) is 9.27. The van der Waals surface area contributed by atoms with Crippen molar-refractivity contribution >= 4 is 22.6 Å². The molecule has 1 amide bonds. The van der Waals surface area contributed by atoms with Gasteiger partial charge in [-0.25, -0.2) is 9.37 Å². The predicted octanol–water partition coefficient (Wildman–Crippen LogP) is 3.30. The molecule has 2 fully saturated rings. The van der Waals surface area contributed by atoms with Gasteiger partial charge in [-0.3, -0.25) is 4.79 Å². The zero-order valence-corrected chi connectivity index (χ0v) is 17.7. The lowest BCUT2D eigenvalue weighted by Crippen LogP contribution is -2.47. The van der Waals surface area contributed by atoms with E-state index >= 15 is 0 Å². The highest BCUT2D eigenvalue weighted by atomic mass is 19.1. The van der Waals surface area contributed by atoms with Gasteiger partial charge in [-0.1, -0.05) is 25.3 Å². The molecule has 0 radical (unpaired) electrons. The minimum atomic E-state index is -0.493. The average molecular weight is 414 g/mol. The zero-order valence-electron chi connectivity index (χ0n) is 17.7. The highest BCUT2D eigenvalue weighted by Gasteiger charge is 2.27. The first-order valence-corrected chi connectivity index (χ1v) is 11.2. The van der Waals surface area contributed by atoms with Gasteiger partial charge < -0.3 is 21.3 Å². The summed E-state index contributed by atoms with van der Waals surface area (Å²) in [4.78, 5) is 19.7. The maximum Gasteiger partial charge on any atom is 0.256 e. The summed E-state index contributed by atoms with van der Waals surface area (Å²) in [6.45, 7) is 3.34. The van der Waals surface area contributed by atoms with Crippen molar-refractivity contribution in [2.45, 2.75) is 70.1 Å². The fourth-order valence-corrected chi connectivity index (χ4v) is 4.70. The number of amides is 1. The number of rotatable bonds is 5. The molecule has 1 aromatic heterocycles. The Morgan fingerprint density at radius 3 is 2.57 bits per heavy atom. The van der Waals surface area contributed by atoms with Gasteiger partial charge in [0.2, 0.25) is 0 Å². The molecule has 30 heavy (non-hydrogen) atoms. The topological polar surface area (TPSA) is 83.3 Å². The van der Waals surface area contributed by atoms with E-state index in [9.17, 15) is 9.18 Å². The first kappa shape index (κ1) is 21.0. The van der Waals surface area contributed by atoms with Crippen molar-refractivity contribution in [2.24, 2.45) is 5.73 Å². The van der Waals surface area contributed by atoms with Crippen molar-refractivity contribution in [3.8, 4) is 0 Å². The van der Waals surface area contributed by atoms with Gasteiger partial charge in [-0.15, -0.1) is 0 Å². The molecule has 1 saturated carbocycles. The van der Waals surface area contributed by atoms with Crippen LogP contribution < -0.4 is 21.3 Å². The van der Waals surface area contributed by atoms with Crippen LogP contribution in [0.25, 0.3) is 10.9 Å². The molecule has 2 heterocycles. The van der Waals surface area contributed by atoms with Gasteiger partial charge >= 0.3 is 0 Å². The Bertz CT molecular complexity index is 889. The van der Waals surface area contributed by atoms with Gasteiger partial charge in [-0.2, -0.15) is 0 Å². The van der Waals surface area contributed by atoms with Crippen LogP contribution >= 0.6 is 0 Å². The minimum Gasteiger partial charge on any atom is -0.356 e. The number of anilines is 1. The van der Waals surface area contributed by atoms with E-state index in [-0.39, 0.29) is 11.7 Å². The third-order valence-corrected chi connectivity index (χ3v) is 6.26. The van der Waals surface area contributed by atoms with E-state index in [0.29, 0.717) is 34.4 Å². The first-order chi connectivity index (χ1) is 14.5. The Labute approximate surface area is 177 Å². The van der Waals surface area contributed by atoms with Gasteiger partial charge in [0.25, 0.3) is 5.91 Å². The summed E-state index contributed by atoms with van der Waals surface area (Å²) in [5.41, 5.74) is 6.70. The van der Waals surface area contributed by atoms with Gasteiger partial charge in [0.1, 0.15) is 11.6 Å². The summed E-state index contributed by atoms with van der Waals surface area (Å²) < 4.78 is 14.3. The Balaban J connectivity index is 1.54. The Morgan fingerprint density at radius 1 is 1.17 bits per heavy atom.